The maximum Gasteiger partial charge on any atom is 0.416 e. The summed E-state index contributed by atoms with van der Waals surface area (Å²) in [6.07, 6.45) is -4.71. The summed E-state index contributed by atoms with van der Waals surface area (Å²) in [5, 5.41) is 4.57. The number of sulfonamides is 1. The van der Waals surface area contributed by atoms with Crippen molar-refractivity contribution < 1.29 is 35.6 Å². The minimum absolute atomic E-state index is 0.0844. The van der Waals surface area contributed by atoms with Crippen LogP contribution in [0, 0.1) is 5.82 Å². The van der Waals surface area contributed by atoms with E-state index in [1.807, 2.05) is 0 Å². The first kappa shape index (κ1) is 24.7. The molecule has 3 rings (SSSR count). The Kier molecular flexibility index (Phi) is 6.91. The van der Waals surface area contributed by atoms with Crippen LogP contribution in [0.1, 0.15) is 22.8 Å². The Morgan fingerprint density at radius 3 is 2.18 bits per heavy atom. The largest absolute Gasteiger partial charge is 0.416 e. The van der Waals surface area contributed by atoms with Gasteiger partial charge in [0.15, 0.2) is 0 Å². The van der Waals surface area contributed by atoms with E-state index in [-0.39, 0.29) is 27.5 Å². The van der Waals surface area contributed by atoms with E-state index in [2.05, 4.69) is 15.4 Å². The summed E-state index contributed by atoms with van der Waals surface area (Å²) in [5.74, 6) is -2.33. The molecule has 0 aliphatic carbocycles. The van der Waals surface area contributed by atoms with Crippen LogP contribution >= 0.6 is 0 Å². The second kappa shape index (κ2) is 9.51. The smallest absolute Gasteiger partial charge is 0.325 e. The molecule has 0 unspecified atom stereocenters. The zero-order chi connectivity index (χ0) is 25.1. The van der Waals surface area contributed by atoms with Crippen LogP contribution in [0.4, 0.5) is 34.6 Å². The van der Waals surface area contributed by atoms with E-state index in [0.717, 1.165) is 37.3 Å². The molecule has 34 heavy (non-hydrogen) atoms. The molecule has 0 saturated carbocycles. The average molecular weight is 495 g/mol. The number of benzene rings is 3. The lowest BCUT2D eigenvalue weighted by Gasteiger charge is -2.15. The molecule has 0 spiro atoms. The predicted molar refractivity (Wildman–Crippen MR) is 117 cm³/mol. The van der Waals surface area contributed by atoms with Gasteiger partial charge < -0.3 is 10.6 Å². The molecule has 0 aromatic heterocycles. The van der Waals surface area contributed by atoms with Crippen molar-refractivity contribution in [2.75, 3.05) is 15.4 Å². The number of alkyl halides is 3. The monoisotopic (exact) mass is 495 g/mol. The van der Waals surface area contributed by atoms with E-state index >= 15 is 0 Å². The van der Waals surface area contributed by atoms with Crippen molar-refractivity contribution in [3.8, 4) is 0 Å². The maximum atomic E-state index is 13.8. The van der Waals surface area contributed by atoms with Gasteiger partial charge in [-0.2, -0.15) is 13.2 Å². The van der Waals surface area contributed by atoms with Gasteiger partial charge in [-0.1, -0.05) is 18.2 Å². The third-order valence-corrected chi connectivity index (χ3v) is 5.79. The van der Waals surface area contributed by atoms with E-state index in [1.54, 1.807) is 0 Å². The fourth-order valence-electron chi connectivity index (χ4n) is 2.87. The van der Waals surface area contributed by atoms with Gasteiger partial charge in [-0.25, -0.2) is 12.8 Å². The van der Waals surface area contributed by atoms with Crippen LogP contribution in [0.5, 0.6) is 0 Å². The Hall–Kier alpha value is -3.93. The van der Waals surface area contributed by atoms with Crippen molar-refractivity contribution in [2.24, 2.45) is 0 Å². The first-order chi connectivity index (χ1) is 15.9. The highest BCUT2D eigenvalue weighted by Crippen LogP contribution is 2.34. The minimum Gasteiger partial charge on any atom is -0.325 e. The first-order valence-corrected chi connectivity index (χ1v) is 11.0. The van der Waals surface area contributed by atoms with Crippen molar-refractivity contribution in [1.29, 1.82) is 0 Å². The number of anilines is 3. The molecule has 0 bridgehead atoms. The molecule has 0 saturated heterocycles. The minimum atomic E-state index is -4.71. The number of halogens is 4. The van der Waals surface area contributed by atoms with Crippen LogP contribution in [0.25, 0.3) is 0 Å². The van der Waals surface area contributed by atoms with Gasteiger partial charge in [-0.15, -0.1) is 0 Å². The Bertz CT molecular complexity index is 1360. The lowest BCUT2D eigenvalue weighted by Crippen LogP contribution is -2.18. The molecule has 2 amide bonds. The van der Waals surface area contributed by atoms with E-state index in [0.29, 0.717) is 6.07 Å². The zero-order valence-corrected chi connectivity index (χ0v) is 18.2. The standard InChI is InChI=1S/C22H17F4N3O4S/c1-13(30)27-19-10-9-15(22(24,25)26)12-20(19)28-21(31)14-5-4-6-16(11-14)34(32,33)29-18-8-3-2-7-17(18)23/h2-12,29H,1H3,(H,27,30)(H,28,31). The molecule has 3 aromatic rings. The fraction of sp³-hybridized carbons (Fsp3) is 0.0909. The molecular weight excluding hydrogens is 478 g/mol. The summed E-state index contributed by atoms with van der Waals surface area (Å²) < 4.78 is 80.5. The fourth-order valence-corrected chi connectivity index (χ4v) is 3.98. The van der Waals surface area contributed by atoms with E-state index in [9.17, 15) is 35.6 Å². The molecular formula is C22H17F4N3O4S. The predicted octanol–water partition coefficient (Wildman–Crippen LogP) is 4.86. The molecule has 12 heteroatoms. The van der Waals surface area contributed by atoms with Gasteiger partial charge in [-0.05, 0) is 48.5 Å². The van der Waals surface area contributed by atoms with Gasteiger partial charge >= 0.3 is 6.18 Å². The summed E-state index contributed by atoms with van der Waals surface area (Å²) in [6.45, 7) is 1.14. The SMILES string of the molecule is CC(=O)Nc1ccc(C(F)(F)F)cc1NC(=O)c1cccc(S(=O)(=O)Nc2ccccc2F)c1. The first-order valence-electron chi connectivity index (χ1n) is 9.54. The number of rotatable bonds is 6. The van der Waals surface area contributed by atoms with Crippen LogP contribution in [0.2, 0.25) is 0 Å². The summed E-state index contributed by atoms with van der Waals surface area (Å²) in [6, 6.07) is 12.1. The summed E-state index contributed by atoms with van der Waals surface area (Å²) in [5.41, 5.74) is -2.00. The van der Waals surface area contributed by atoms with E-state index < -0.39 is 39.4 Å². The molecule has 7 nitrogen and oxygen atoms in total. The lowest BCUT2D eigenvalue weighted by atomic mass is 10.1. The lowest BCUT2D eigenvalue weighted by molar-refractivity contribution is -0.137. The topological polar surface area (TPSA) is 104 Å². The number of para-hydroxylation sites is 1. The van der Waals surface area contributed by atoms with Crippen LogP contribution in [0.15, 0.2) is 71.6 Å². The number of nitrogens with one attached hydrogen (secondary N) is 3. The van der Waals surface area contributed by atoms with Crippen LogP contribution in [-0.4, -0.2) is 20.2 Å². The quantitative estimate of drug-likeness (QED) is 0.425. The van der Waals surface area contributed by atoms with Crippen LogP contribution < -0.4 is 15.4 Å². The Morgan fingerprint density at radius 1 is 0.824 bits per heavy atom. The van der Waals surface area contributed by atoms with Gasteiger partial charge in [-0.3, -0.25) is 14.3 Å². The van der Waals surface area contributed by atoms with Gasteiger partial charge in [0.1, 0.15) is 5.82 Å². The average Bonchev–Trinajstić information content (AvgIpc) is 2.75. The molecule has 0 fully saturated rings. The number of carbonyl (C=O) groups excluding carboxylic acids is 2. The third kappa shape index (κ3) is 5.90. The van der Waals surface area contributed by atoms with Crippen molar-refractivity contribution in [2.45, 2.75) is 18.0 Å². The molecule has 3 N–H and O–H groups in total. The summed E-state index contributed by atoms with van der Waals surface area (Å²) >= 11 is 0. The van der Waals surface area contributed by atoms with Gasteiger partial charge in [0.25, 0.3) is 15.9 Å². The second-order valence-electron chi connectivity index (χ2n) is 7.01. The summed E-state index contributed by atoms with van der Waals surface area (Å²) in [7, 11) is -4.29. The van der Waals surface area contributed by atoms with E-state index in [4.69, 9.17) is 0 Å². The molecule has 0 heterocycles. The highest BCUT2D eigenvalue weighted by atomic mass is 32.2. The number of hydrogen-bond donors (Lipinski definition) is 3. The second-order valence-corrected chi connectivity index (χ2v) is 8.69. The Balaban J connectivity index is 1.91. The van der Waals surface area contributed by atoms with Gasteiger partial charge in [0, 0.05) is 12.5 Å². The molecule has 178 valence electrons. The Morgan fingerprint density at radius 2 is 1.53 bits per heavy atom. The Labute approximate surface area is 191 Å². The normalized spacial score (nSPS) is 11.6. The number of carbonyl (C=O) groups is 2. The third-order valence-electron chi connectivity index (χ3n) is 4.43. The zero-order valence-electron chi connectivity index (χ0n) is 17.4. The molecule has 3 aromatic carbocycles. The van der Waals surface area contributed by atoms with Crippen molar-refractivity contribution in [3.63, 3.8) is 0 Å². The molecule has 0 aliphatic rings. The van der Waals surface area contributed by atoms with Crippen LogP contribution in [0.3, 0.4) is 0 Å². The highest BCUT2D eigenvalue weighted by molar-refractivity contribution is 7.92. The molecule has 0 aliphatic heterocycles. The van der Waals surface area contributed by atoms with Crippen molar-refractivity contribution >= 4 is 38.9 Å². The van der Waals surface area contributed by atoms with Gasteiger partial charge in [0.2, 0.25) is 5.91 Å². The highest BCUT2D eigenvalue weighted by Gasteiger charge is 2.31. The van der Waals surface area contributed by atoms with E-state index in [1.165, 1.54) is 30.3 Å². The summed E-state index contributed by atoms with van der Waals surface area (Å²) in [4.78, 5) is 23.7. The number of hydrogen-bond acceptors (Lipinski definition) is 4. The molecule has 0 radical (unpaired) electrons. The van der Waals surface area contributed by atoms with Crippen molar-refractivity contribution in [1.82, 2.24) is 0 Å². The van der Waals surface area contributed by atoms with Crippen LogP contribution in [-0.2, 0) is 21.0 Å². The van der Waals surface area contributed by atoms with Crippen molar-refractivity contribution in [3.05, 3.63) is 83.7 Å². The maximum absolute atomic E-state index is 13.8. The van der Waals surface area contributed by atoms with Gasteiger partial charge in [0.05, 0.1) is 27.5 Å². The molecule has 0 atom stereocenters. The number of amides is 2.